The Balaban J connectivity index is 2.66. The largest absolute Gasteiger partial charge is 0.481 e. The van der Waals surface area contributed by atoms with Crippen LogP contribution < -0.4 is 0 Å². The second-order valence-corrected chi connectivity index (χ2v) is 5.80. The second-order valence-electron chi connectivity index (χ2n) is 4.11. The molecule has 1 atom stereocenters. The van der Waals surface area contributed by atoms with Crippen LogP contribution in [0.25, 0.3) is 0 Å². The van der Waals surface area contributed by atoms with Crippen molar-refractivity contribution >= 4 is 13.6 Å². The number of carboxylic acid groups (broad SMARTS) is 1. The number of carboxylic acids is 1. The van der Waals surface area contributed by atoms with E-state index in [0.29, 0.717) is 18.5 Å². The number of rotatable bonds is 8. The molecule has 10 heteroatoms. The number of alkyl halides is 1. The highest BCUT2D eigenvalue weighted by atomic mass is 31.2. The number of carbonyl (C=O) groups is 1. The first-order valence-electron chi connectivity index (χ1n) is 5.54. The highest BCUT2D eigenvalue weighted by Crippen LogP contribution is 2.37. The SMILES string of the molecule is O=C(O)C(Cn1cc(CCCF)nn1)CP(=O)(O)O. The molecule has 0 spiro atoms. The fraction of sp³-hybridized carbons (Fsp3) is 0.667. The molecule has 0 bridgehead atoms. The molecule has 0 saturated heterocycles. The first-order chi connectivity index (χ1) is 8.81. The second kappa shape index (κ2) is 6.74. The molecule has 19 heavy (non-hydrogen) atoms. The first kappa shape index (κ1) is 15.7. The minimum Gasteiger partial charge on any atom is -0.481 e. The molecule has 108 valence electrons. The van der Waals surface area contributed by atoms with E-state index >= 15 is 0 Å². The zero-order valence-electron chi connectivity index (χ0n) is 10.0. The molecule has 8 nitrogen and oxygen atoms in total. The Kier molecular flexibility index (Phi) is 5.59. The number of halogens is 1. The number of aliphatic carboxylic acids is 1. The summed E-state index contributed by atoms with van der Waals surface area (Å²) in [5.41, 5.74) is 0.512. The van der Waals surface area contributed by atoms with Crippen molar-refractivity contribution in [3.05, 3.63) is 11.9 Å². The summed E-state index contributed by atoms with van der Waals surface area (Å²) in [4.78, 5) is 28.5. The Bertz CT molecular complexity index is 474. The van der Waals surface area contributed by atoms with Gasteiger partial charge in [0.05, 0.1) is 31.0 Å². The normalized spacial score (nSPS) is 13.4. The van der Waals surface area contributed by atoms with E-state index in [2.05, 4.69) is 10.3 Å². The van der Waals surface area contributed by atoms with E-state index in [4.69, 9.17) is 14.9 Å². The Morgan fingerprint density at radius 1 is 1.53 bits per heavy atom. The molecular weight excluding hydrogens is 280 g/mol. The van der Waals surface area contributed by atoms with E-state index in [0.717, 1.165) is 0 Å². The molecule has 1 aromatic rings. The predicted molar refractivity (Wildman–Crippen MR) is 62.4 cm³/mol. The number of hydrogen-bond acceptors (Lipinski definition) is 4. The van der Waals surface area contributed by atoms with Crippen molar-refractivity contribution in [1.29, 1.82) is 0 Å². The molecule has 3 N–H and O–H groups in total. The van der Waals surface area contributed by atoms with Gasteiger partial charge in [-0.2, -0.15) is 0 Å². The van der Waals surface area contributed by atoms with Crippen molar-refractivity contribution in [3.8, 4) is 0 Å². The van der Waals surface area contributed by atoms with E-state index in [1.165, 1.54) is 10.9 Å². The van der Waals surface area contributed by atoms with Crippen LogP contribution in [0.5, 0.6) is 0 Å². The summed E-state index contributed by atoms with van der Waals surface area (Å²) in [5.74, 6) is -2.57. The van der Waals surface area contributed by atoms with Crippen molar-refractivity contribution < 1.29 is 28.6 Å². The molecular formula is C9H15FN3O5P. The van der Waals surface area contributed by atoms with Gasteiger partial charge in [0, 0.05) is 6.20 Å². The lowest BCUT2D eigenvalue weighted by molar-refractivity contribution is -0.141. The van der Waals surface area contributed by atoms with E-state index in [1.54, 1.807) is 0 Å². The van der Waals surface area contributed by atoms with Gasteiger partial charge in [0.2, 0.25) is 0 Å². The van der Waals surface area contributed by atoms with Crippen LogP contribution >= 0.6 is 7.60 Å². The average Bonchev–Trinajstić information content (AvgIpc) is 2.71. The lowest BCUT2D eigenvalue weighted by Gasteiger charge is -2.12. The van der Waals surface area contributed by atoms with Crippen LogP contribution in [0.15, 0.2) is 6.20 Å². The summed E-state index contributed by atoms with van der Waals surface area (Å²) < 4.78 is 24.0. The Morgan fingerprint density at radius 2 is 2.21 bits per heavy atom. The van der Waals surface area contributed by atoms with Gasteiger partial charge in [0.1, 0.15) is 0 Å². The van der Waals surface area contributed by atoms with E-state index in [1.807, 2.05) is 0 Å². The minimum atomic E-state index is -4.42. The van der Waals surface area contributed by atoms with Gasteiger partial charge in [-0.25, -0.2) is 0 Å². The lowest BCUT2D eigenvalue weighted by Crippen LogP contribution is -2.24. The Hall–Kier alpha value is -1.31. The zero-order valence-corrected chi connectivity index (χ0v) is 10.9. The van der Waals surface area contributed by atoms with E-state index in [9.17, 15) is 13.8 Å². The first-order valence-corrected chi connectivity index (χ1v) is 7.34. The summed E-state index contributed by atoms with van der Waals surface area (Å²) in [6.07, 6.45) is 1.36. The van der Waals surface area contributed by atoms with Gasteiger partial charge in [-0.1, -0.05) is 5.21 Å². The monoisotopic (exact) mass is 295 g/mol. The molecule has 1 aromatic heterocycles. The van der Waals surface area contributed by atoms with Crippen LogP contribution in [-0.4, -0.2) is 48.7 Å². The van der Waals surface area contributed by atoms with Crippen LogP contribution in [0.2, 0.25) is 0 Å². The summed E-state index contributed by atoms with van der Waals surface area (Å²) in [6.45, 7) is -0.675. The molecule has 0 fully saturated rings. The third-order valence-corrected chi connectivity index (χ3v) is 3.28. The van der Waals surface area contributed by atoms with Crippen LogP contribution in [-0.2, 0) is 22.3 Å². The van der Waals surface area contributed by atoms with Crippen molar-refractivity contribution in [2.75, 3.05) is 12.8 Å². The minimum absolute atomic E-state index is 0.191. The maximum atomic E-state index is 12.0. The highest BCUT2D eigenvalue weighted by Gasteiger charge is 2.28. The van der Waals surface area contributed by atoms with Gasteiger partial charge in [-0.15, -0.1) is 5.10 Å². The van der Waals surface area contributed by atoms with E-state index in [-0.39, 0.29) is 6.54 Å². The van der Waals surface area contributed by atoms with Crippen LogP contribution in [0.3, 0.4) is 0 Å². The molecule has 1 heterocycles. The number of aryl methyl sites for hydroxylation is 1. The smallest absolute Gasteiger partial charge is 0.326 e. The third kappa shape index (κ3) is 5.91. The average molecular weight is 295 g/mol. The molecule has 0 aliphatic carbocycles. The topological polar surface area (TPSA) is 126 Å². The molecule has 0 amide bonds. The molecule has 1 rings (SSSR count). The van der Waals surface area contributed by atoms with Crippen molar-refractivity contribution in [1.82, 2.24) is 15.0 Å². The maximum absolute atomic E-state index is 12.0. The van der Waals surface area contributed by atoms with Gasteiger partial charge < -0.3 is 14.9 Å². The summed E-state index contributed by atoms with van der Waals surface area (Å²) >= 11 is 0. The summed E-state index contributed by atoms with van der Waals surface area (Å²) in [6, 6.07) is 0. The van der Waals surface area contributed by atoms with Crippen LogP contribution in [0.4, 0.5) is 4.39 Å². The summed E-state index contributed by atoms with van der Waals surface area (Å²) in [7, 11) is -4.42. The van der Waals surface area contributed by atoms with Gasteiger partial charge in [-0.3, -0.25) is 18.4 Å². The molecule has 0 radical (unpaired) electrons. The molecule has 1 unspecified atom stereocenters. The fourth-order valence-electron chi connectivity index (χ4n) is 1.52. The quantitative estimate of drug-likeness (QED) is 0.579. The van der Waals surface area contributed by atoms with Crippen LogP contribution in [0, 0.1) is 5.92 Å². The maximum Gasteiger partial charge on any atom is 0.326 e. The van der Waals surface area contributed by atoms with Gasteiger partial charge >= 0.3 is 13.6 Å². The molecule has 0 aliphatic rings. The predicted octanol–water partition coefficient (Wildman–Crippen LogP) is 0.0587. The zero-order chi connectivity index (χ0) is 14.5. The summed E-state index contributed by atoms with van der Waals surface area (Å²) in [5, 5.41) is 16.3. The lowest BCUT2D eigenvalue weighted by atomic mass is 10.2. The van der Waals surface area contributed by atoms with Crippen molar-refractivity contribution in [3.63, 3.8) is 0 Å². The third-order valence-electron chi connectivity index (χ3n) is 2.37. The van der Waals surface area contributed by atoms with Gasteiger partial charge in [0.15, 0.2) is 0 Å². The fourth-order valence-corrected chi connectivity index (χ4v) is 2.36. The Labute approximate surface area is 108 Å². The molecule has 0 aromatic carbocycles. The Morgan fingerprint density at radius 3 is 2.74 bits per heavy atom. The van der Waals surface area contributed by atoms with E-state index < -0.39 is 32.3 Å². The van der Waals surface area contributed by atoms with Crippen molar-refractivity contribution in [2.45, 2.75) is 19.4 Å². The number of aromatic nitrogens is 3. The standard InChI is InChI=1S/C9H15FN3O5P/c10-3-1-2-8-5-13(12-11-8)4-7(9(14)15)6-19(16,17)18/h5,7H,1-4,6H2,(H,14,15)(H2,16,17,18). The highest BCUT2D eigenvalue weighted by molar-refractivity contribution is 7.51. The number of hydrogen-bond donors (Lipinski definition) is 3. The number of nitrogens with zero attached hydrogens (tertiary/aromatic N) is 3. The molecule has 0 saturated carbocycles. The van der Waals surface area contributed by atoms with Gasteiger partial charge in [0.25, 0.3) is 0 Å². The van der Waals surface area contributed by atoms with Gasteiger partial charge in [-0.05, 0) is 12.8 Å². The molecule has 0 aliphatic heterocycles. The van der Waals surface area contributed by atoms with Crippen LogP contribution in [0.1, 0.15) is 12.1 Å². The van der Waals surface area contributed by atoms with Crippen molar-refractivity contribution in [2.24, 2.45) is 5.92 Å².